The topological polar surface area (TPSA) is 37.8 Å². The van der Waals surface area contributed by atoms with Crippen LogP contribution >= 0.6 is 0 Å². The van der Waals surface area contributed by atoms with Gasteiger partial charge in [0.05, 0.1) is 6.04 Å². The van der Waals surface area contributed by atoms with E-state index in [1.807, 2.05) is 6.92 Å². The quantitative estimate of drug-likeness (QED) is 0.668. The average molecular weight is 164 g/mol. The monoisotopic (exact) mass is 164 g/mol. The fourth-order valence-electron chi connectivity index (χ4n) is 1.15. The maximum atomic E-state index is 11.1. The summed E-state index contributed by atoms with van der Waals surface area (Å²) in [4.78, 5) is 13.7. The number of aromatic nitrogens is 2. The van der Waals surface area contributed by atoms with Crippen LogP contribution in [0.1, 0.15) is 25.8 Å². The van der Waals surface area contributed by atoms with Gasteiger partial charge in [0, 0.05) is 12.4 Å². The van der Waals surface area contributed by atoms with E-state index in [1.54, 1.807) is 17.0 Å². The number of imidazole rings is 1. The van der Waals surface area contributed by atoms with E-state index in [1.165, 1.54) is 0 Å². The lowest BCUT2D eigenvalue weighted by Crippen LogP contribution is -2.20. The molecule has 1 unspecified atom stereocenters. The average Bonchev–Trinajstić information content (AvgIpc) is 2.47. The lowest BCUT2D eigenvalue weighted by Gasteiger charge is -2.08. The van der Waals surface area contributed by atoms with Crippen molar-refractivity contribution in [2.45, 2.75) is 25.8 Å². The molecule has 3 heteroatoms. The summed E-state index contributed by atoms with van der Waals surface area (Å²) in [7, 11) is 0. The number of terminal acetylenes is 1. The molecule has 0 aliphatic carbocycles. The molecule has 0 bridgehead atoms. The maximum absolute atomic E-state index is 11.1. The lowest BCUT2D eigenvalue weighted by molar-refractivity contribution is 0.551. The third-order valence-electron chi connectivity index (χ3n) is 1.77. The highest BCUT2D eigenvalue weighted by Crippen LogP contribution is 2.08. The van der Waals surface area contributed by atoms with Crippen molar-refractivity contribution in [1.29, 1.82) is 0 Å². The normalized spacial score (nSPS) is 12.3. The molecule has 1 atom stereocenters. The number of nitrogens with one attached hydrogen (secondary N) is 1. The minimum Gasteiger partial charge on any atom is -0.313 e. The van der Waals surface area contributed by atoms with Crippen molar-refractivity contribution in [1.82, 2.24) is 9.55 Å². The zero-order valence-corrected chi connectivity index (χ0v) is 7.08. The van der Waals surface area contributed by atoms with Gasteiger partial charge < -0.3 is 4.98 Å². The van der Waals surface area contributed by atoms with E-state index < -0.39 is 0 Å². The fraction of sp³-hybridized carbons (Fsp3) is 0.444. The summed E-state index contributed by atoms with van der Waals surface area (Å²) in [5.74, 6) is 2.59. The van der Waals surface area contributed by atoms with Crippen LogP contribution in [0.5, 0.6) is 0 Å². The minimum atomic E-state index is -0.133. The van der Waals surface area contributed by atoms with Crippen molar-refractivity contribution in [3.63, 3.8) is 0 Å². The van der Waals surface area contributed by atoms with E-state index in [9.17, 15) is 4.79 Å². The minimum absolute atomic E-state index is 0.103. The van der Waals surface area contributed by atoms with Gasteiger partial charge in [-0.3, -0.25) is 4.57 Å². The van der Waals surface area contributed by atoms with Crippen molar-refractivity contribution in [2.24, 2.45) is 0 Å². The van der Waals surface area contributed by atoms with Gasteiger partial charge in [0.2, 0.25) is 0 Å². The Hall–Kier alpha value is -1.43. The van der Waals surface area contributed by atoms with Crippen molar-refractivity contribution in [2.75, 3.05) is 0 Å². The summed E-state index contributed by atoms with van der Waals surface area (Å²) in [6.45, 7) is 2.04. The first-order valence-corrected chi connectivity index (χ1v) is 4.01. The van der Waals surface area contributed by atoms with Crippen LogP contribution in [0, 0.1) is 12.3 Å². The summed E-state index contributed by atoms with van der Waals surface area (Å²) in [5, 5.41) is 0. The van der Waals surface area contributed by atoms with Gasteiger partial charge in [0.25, 0.3) is 0 Å². The number of H-pyrrole nitrogens is 1. The molecular weight excluding hydrogens is 152 g/mol. The fourth-order valence-corrected chi connectivity index (χ4v) is 1.15. The molecule has 0 saturated heterocycles. The molecule has 0 aliphatic heterocycles. The first-order chi connectivity index (χ1) is 5.79. The molecule has 1 N–H and O–H groups in total. The highest BCUT2D eigenvalue weighted by Gasteiger charge is 2.07. The Bertz CT molecular complexity index is 329. The van der Waals surface area contributed by atoms with E-state index in [-0.39, 0.29) is 11.7 Å². The van der Waals surface area contributed by atoms with Gasteiger partial charge in [-0.1, -0.05) is 19.3 Å². The SMILES string of the molecule is C#CC(CCC)n1cc[nH]c1=O. The Labute approximate surface area is 71.4 Å². The Morgan fingerprint density at radius 3 is 3.00 bits per heavy atom. The summed E-state index contributed by atoms with van der Waals surface area (Å²) in [5.41, 5.74) is -0.133. The van der Waals surface area contributed by atoms with Gasteiger partial charge >= 0.3 is 5.69 Å². The molecule has 0 amide bonds. The molecule has 1 aromatic rings. The Morgan fingerprint density at radius 1 is 1.83 bits per heavy atom. The third kappa shape index (κ3) is 1.59. The summed E-state index contributed by atoms with van der Waals surface area (Å²) < 4.78 is 1.55. The summed E-state index contributed by atoms with van der Waals surface area (Å²) >= 11 is 0. The van der Waals surface area contributed by atoms with E-state index in [2.05, 4.69) is 10.9 Å². The van der Waals surface area contributed by atoms with Crippen molar-refractivity contribution < 1.29 is 0 Å². The standard InChI is InChI=1S/C9H12N2O/c1-3-5-8(4-2)11-7-6-10-9(11)12/h2,6-8H,3,5H2,1H3,(H,10,12). The largest absolute Gasteiger partial charge is 0.326 e. The lowest BCUT2D eigenvalue weighted by atomic mass is 10.2. The molecule has 0 saturated carbocycles. The molecular formula is C9H12N2O. The molecule has 1 aromatic heterocycles. The van der Waals surface area contributed by atoms with Crippen LogP contribution in [0.3, 0.4) is 0 Å². The smallest absolute Gasteiger partial charge is 0.313 e. The molecule has 0 radical (unpaired) electrons. The van der Waals surface area contributed by atoms with E-state index >= 15 is 0 Å². The van der Waals surface area contributed by atoms with Crippen LogP contribution in [-0.4, -0.2) is 9.55 Å². The third-order valence-corrected chi connectivity index (χ3v) is 1.77. The van der Waals surface area contributed by atoms with Gasteiger partial charge in [-0.2, -0.15) is 0 Å². The van der Waals surface area contributed by atoms with Gasteiger partial charge in [-0.05, 0) is 6.42 Å². The van der Waals surface area contributed by atoms with Crippen LogP contribution < -0.4 is 5.69 Å². The molecule has 0 spiro atoms. The van der Waals surface area contributed by atoms with Crippen LogP contribution in [0.15, 0.2) is 17.2 Å². The Balaban J connectivity index is 2.89. The van der Waals surface area contributed by atoms with Crippen molar-refractivity contribution in [3.8, 4) is 12.3 Å². The second-order valence-electron chi connectivity index (χ2n) is 2.64. The molecule has 64 valence electrons. The maximum Gasteiger partial charge on any atom is 0.326 e. The van der Waals surface area contributed by atoms with Gasteiger partial charge in [0.15, 0.2) is 0 Å². The Kier molecular flexibility index (Phi) is 2.76. The second-order valence-corrected chi connectivity index (χ2v) is 2.64. The molecule has 1 heterocycles. The van der Waals surface area contributed by atoms with Crippen molar-refractivity contribution >= 4 is 0 Å². The van der Waals surface area contributed by atoms with Crippen molar-refractivity contribution in [3.05, 3.63) is 22.9 Å². The van der Waals surface area contributed by atoms with Crippen LogP contribution in [0.25, 0.3) is 0 Å². The first kappa shape index (κ1) is 8.66. The zero-order valence-electron chi connectivity index (χ0n) is 7.08. The van der Waals surface area contributed by atoms with E-state index in [4.69, 9.17) is 6.42 Å². The van der Waals surface area contributed by atoms with E-state index in [0.717, 1.165) is 12.8 Å². The highest BCUT2D eigenvalue weighted by molar-refractivity contribution is 4.99. The van der Waals surface area contributed by atoms with E-state index in [0.29, 0.717) is 0 Å². The highest BCUT2D eigenvalue weighted by atomic mass is 16.1. The predicted octanol–water partition coefficient (Wildman–Crippen LogP) is 1.15. The number of hydrogen-bond acceptors (Lipinski definition) is 1. The predicted molar refractivity (Wildman–Crippen MR) is 47.8 cm³/mol. The summed E-state index contributed by atoms with van der Waals surface area (Å²) in [6.07, 6.45) is 10.4. The molecule has 0 aromatic carbocycles. The first-order valence-electron chi connectivity index (χ1n) is 4.01. The summed E-state index contributed by atoms with van der Waals surface area (Å²) in [6, 6.07) is -0.103. The molecule has 0 fully saturated rings. The van der Waals surface area contributed by atoms with Crippen LogP contribution in [0.2, 0.25) is 0 Å². The molecule has 0 aliphatic rings. The molecule has 12 heavy (non-hydrogen) atoms. The van der Waals surface area contributed by atoms with Gasteiger partial charge in [-0.25, -0.2) is 4.79 Å². The number of nitrogens with zero attached hydrogens (tertiary/aromatic N) is 1. The van der Waals surface area contributed by atoms with Gasteiger partial charge in [0.1, 0.15) is 0 Å². The number of rotatable bonds is 3. The number of hydrogen-bond donors (Lipinski definition) is 1. The van der Waals surface area contributed by atoms with Gasteiger partial charge in [-0.15, -0.1) is 6.42 Å². The van der Waals surface area contributed by atoms with Crippen LogP contribution in [-0.2, 0) is 0 Å². The number of aromatic amines is 1. The van der Waals surface area contributed by atoms with Crippen LogP contribution in [0.4, 0.5) is 0 Å². The molecule has 3 nitrogen and oxygen atoms in total. The zero-order chi connectivity index (χ0) is 8.97. The molecule has 1 rings (SSSR count). The Morgan fingerprint density at radius 2 is 2.58 bits per heavy atom. The second kappa shape index (κ2) is 3.82.